The van der Waals surface area contributed by atoms with Crippen molar-refractivity contribution in [2.45, 2.75) is 19.9 Å². The van der Waals surface area contributed by atoms with Crippen LogP contribution in [0.4, 0.5) is 4.39 Å². The molecule has 1 aromatic heterocycles. The van der Waals surface area contributed by atoms with E-state index in [0.717, 1.165) is 22.2 Å². The third-order valence-corrected chi connectivity index (χ3v) is 3.74. The second-order valence-corrected chi connectivity index (χ2v) is 5.36. The highest BCUT2D eigenvalue weighted by molar-refractivity contribution is 5.85. The summed E-state index contributed by atoms with van der Waals surface area (Å²) in [6.45, 7) is 2.46. The molecule has 0 aliphatic rings. The minimum absolute atomic E-state index is 0.115. The van der Waals surface area contributed by atoms with Crippen LogP contribution in [0.1, 0.15) is 16.8 Å². The molecule has 112 valence electrons. The molecule has 3 rings (SSSR count). The summed E-state index contributed by atoms with van der Waals surface area (Å²) in [6.07, 6.45) is 0.180. The number of aryl methyl sites for hydroxylation is 1. The number of fused-ring (bicyclic) bond motifs is 1. The van der Waals surface area contributed by atoms with Crippen LogP contribution in [0.25, 0.3) is 10.9 Å². The second kappa shape index (κ2) is 6.02. The molecule has 0 radical (unpaired) electrons. The number of carbonyl (C=O) groups is 1. The van der Waals surface area contributed by atoms with E-state index in [0.29, 0.717) is 12.1 Å². The normalized spacial score (nSPS) is 10.8. The van der Waals surface area contributed by atoms with Gasteiger partial charge in [0.25, 0.3) is 0 Å². The molecule has 2 aromatic carbocycles. The van der Waals surface area contributed by atoms with Gasteiger partial charge in [-0.15, -0.1) is 0 Å². The predicted molar refractivity (Wildman–Crippen MR) is 85.0 cm³/mol. The Hall–Kier alpha value is -2.62. The number of halogens is 1. The van der Waals surface area contributed by atoms with Crippen molar-refractivity contribution in [1.29, 1.82) is 0 Å². The Morgan fingerprint density at radius 2 is 2.00 bits per heavy atom. The molecule has 0 aliphatic heterocycles. The van der Waals surface area contributed by atoms with Gasteiger partial charge < -0.3 is 10.3 Å². The number of para-hydroxylation sites is 1. The fraction of sp³-hybridized carbons (Fsp3) is 0.167. The first-order chi connectivity index (χ1) is 10.6. The summed E-state index contributed by atoms with van der Waals surface area (Å²) in [5.74, 6) is -0.437. The Bertz CT molecular complexity index is 823. The maximum atomic E-state index is 13.1. The first-order valence-corrected chi connectivity index (χ1v) is 7.21. The van der Waals surface area contributed by atoms with E-state index >= 15 is 0 Å². The molecule has 22 heavy (non-hydrogen) atoms. The monoisotopic (exact) mass is 296 g/mol. The Kier molecular flexibility index (Phi) is 3.92. The topological polar surface area (TPSA) is 44.9 Å². The lowest BCUT2D eigenvalue weighted by Crippen LogP contribution is -2.24. The molecule has 3 aromatic rings. The summed E-state index contributed by atoms with van der Waals surface area (Å²) in [4.78, 5) is 15.3. The molecule has 0 spiro atoms. The van der Waals surface area contributed by atoms with Crippen LogP contribution in [-0.2, 0) is 17.8 Å². The highest BCUT2D eigenvalue weighted by atomic mass is 19.1. The zero-order chi connectivity index (χ0) is 15.5. The van der Waals surface area contributed by atoms with Crippen molar-refractivity contribution in [3.8, 4) is 0 Å². The van der Waals surface area contributed by atoms with E-state index in [9.17, 15) is 9.18 Å². The van der Waals surface area contributed by atoms with Crippen LogP contribution in [0.2, 0.25) is 0 Å². The number of benzene rings is 2. The second-order valence-electron chi connectivity index (χ2n) is 5.36. The molecule has 0 bridgehead atoms. The minimum atomic E-state index is -0.322. The van der Waals surface area contributed by atoms with Gasteiger partial charge in [-0.2, -0.15) is 0 Å². The average molecular weight is 296 g/mol. The van der Waals surface area contributed by atoms with Gasteiger partial charge in [0.2, 0.25) is 5.91 Å². The fourth-order valence-corrected chi connectivity index (χ4v) is 2.64. The molecule has 0 atom stereocenters. The van der Waals surface area contributed by atoms with Crippen molar-refractivity contribution in [3.63, 3.8) is 0 Å². The number of rotatable bonds is 4. The number of H-pyrrole nitrogens is 1. The summed E-state index contributed by atoms with van der Waals surface area (Å²) in [5, 5.41) is 4.02. The van der Waals surface area contributed by atoms with E-state index in [1.807, 2.05) is 31.2 Å². The first kappa shape index (κ1) is 14.3. The minimum Gasteiger partial charge on any atom is -0.358 e. The molecular formula is C18H17FN2O. The lowest BCUT2D eigenvalue weighted by atomic mass is 10.1. The molecule has 0 saturated heterocycles. The Morgan fingerprint density at radius 3 is 2.82 bits per heavy atom. The number of carbonyl (C=O) groups excluding carboxylic acids is 1. The average Bonchev–Trinajstić information content (AvgIpc) is 2.80. The molecule has 1 heterocycles. The zero-order valence-electron chi connectivity index (χ0n) is 12.3. The highest BCUT2D eigenvalue weighted by Crippen LogP contribution is 2.21. The number of nitrogens with one attached hydrogen (secondary N) is 2. The quantitative estimate of drug-likeness (QED) is 0.760. The maximum absolute atomic E-state index is 13.1. The first-order valence-electron chi connectivity index (χ1n) is 7.21. The fourth-order valence-electron chi connectivity index (χ4n) is 2.64. The van der Waals surface area contributed by atoms with Crippen LogP contribution in [0.5, 0.6) is 0 Å². The van der Waals surface area contributed by atoms with Crippen molar-refractivity contribution >= 4 is 16.8 Å². The molecule has 4 heteroatoms. The molecule has 2 N–H and O–H groups in total. The van der Waals surface area contributed by atoms with Crippen LogP contribution in [-0.4, -0.2) is 10.9 Å². The van der Waals surface area contributed by atoms with Crippen LogP contribution in [0.15, 0.2) is 48.5 Å². The van der Waals surface area contributed by atoms with Gasteiger partial charge in [-0.3, -0.25) is 4.79 Å². The number of hydrogen-bond acceptors (Lipinski definition) is 1. The van der Waals surface area contributed by atoms with Crippen LogP contribution in [0, 0.1) is 12.7 Å². The summed E-state index contributed by atoms with van der Waals surface area (Å²) in [7, 11) is 0. The van der Waals surface area contributed by atoms with Gasteiger partial charge in [0, 0.05) is 23.1 Å². The number of hydrogen-bond donors (Lipinski definition) is 2. The molecule has 3 nitrogen and oxygen atoms in total. The van der Waals surface area contributed by atoms with Gasteiger partial charge in [-0.1, -0.05) is 30.3 Å². The van der Waals surface area contributed by atoms with Crippen molar-refractivity contribution in [2.75, 3.05) is 0 Å². The van der Waals surface area contributed by atoms with Gasteiger partial charge in [0.1, 0.15) is 5.82 Å². The number of aromatic nitrogens is 1. The molecule has 0 saturated carbocycles. The predicted octanol–water partition coefficient (Wildman–Crippen LogP) is 3.47. The molecule has 1 amide bonds. The molecule has 0 aliphatic carbocycles. The van der Waals surface area contributed by atoms with Crippen molar-refractivity contribution in [3.05, 3.63) is 71.2 Å². The lowest BCUT2D eigenvalue weighted by Gasteiger charge is -2.06. The van der Waals surface area contributed by atoms with Gasteiger partial charge in [-0.05, 0) is 36.2 Å². The smallest absolute Gasteiger partial charge is 0.224 e. The summed E-state index contributed by atoms with van der Waals surface area (Å²) < 4.78 is 13.1. The molecular weight excluding hydrogens is 279 g/mol. The number of amides is 1. The van der Waals surface area contributed by atoms with Gasteiger partial charge >= 0.3 is 0 Å². The van der Waals surface area contributed by atoms with E-state index in [1.54, 1.807) is 12.1 Å². The molecule has 0 unspecified atom stereocenters. The van der Waals surface area contributed by atoms with Crippen molar-refractivity contribution in [1.82, 2.24) is 10.3 Å². The Balaban J connectivity index is 1.69. The highest BCUT2D eigenvalue weighted by Gasteiger charge is 2.10. The van der Waals surface area contributed by atoms with Gasteiger partial charge in [0.15, 0.2) is 0 Å². The van der Waals surface area contributed by atoms with E-state index < -0.39 is 0 Å². The maximum Gasteiger partial charge on any atom is 0.224 e. The van der Waals surface area contributed by atoms with Crippen LogP contribution < -0.4 is 5.32 Å². The third kappa shape index (κ3) is 3.01. The summed E-state index contributed by atoms with van der Waals surface area (Å²) >= 11 is 0. The van der Waals surface area contributed by atoms with Gasteiger partial charge in [0.05, 0.1) is 6.42 Å². The van der Waals surface area contributed by atoms with Gasteiger partial charge in [-0.25, -0.2) is 4.39 Å². The standard InChI is InChI=1S/C18H17FN2O/c1-12-16(15-7-2-3-8-17(15)21-12)11-20-18(22)10-13-5-4-6-14(19)9-13/h2-9,21H,10-11H2,1H3,(H,20,22). The summed E-state index contributed by atoms with van der Waals surface area (Å²) in [6, 6.07) is 14.1. The Morgan fingerprint density at radius 1 is 1.18 bits per heavy atom. The molecule has 0 fully saturated rings. The lowest BCUT2D eigenvalue weighted by molar-refractivity contribution is -0.120. The third-order valence-electron chi connectivity index (χ3n) is 3.74. The Labute approximate surface area is 128 Å². The zero-order valence-corrected chi connectivity index (χ0v) is 12.3. The van der Waals surface area contributed by atoms with Crippen molar-refractivity contribution in [2.24, 2.45) is 0 Å². The van der Waals surface area contributed by atoms with E-state index in [1.165, 1.54) is 12.1 Å². The largest absolute Gasteiger partial charge is 0.358 e. The van der Waals surface area contributed by atoms with E-state index in [2.05, 4.69) is 10.3 Å². The van der Waals surface area contributed by atoms with Crippen molar-refractivity contribution < 1.29 is 9.18 Å². The summed E-state index contributed by atoms with van der Waals surface area (Å²) in [5.41, 5.74) is 3.87. The SMILES string of the molecule is Cc1[nH]c2ccccc2c1CNC(=O)Cc1cccc(F)c1. The van der Waals surface area contributed by atoms with Crippen LogP contribution in [0.3, 0.4) is 0 Å². The van der Waals surface area contributed by atoms with E-state index in [-0.39, 0.29) is 18.1 Å². The van der Waals surface area contributed by atoms with E-state index in [4.69, 9.17) is 0 Å². The number of aromatic amines is 1. The van der Waals surface area contributed by atoms with Crippen LogP contribution >= 0.6 is 0 Å².